The summed E-state index contributed by atoms with van der Waals surface area (Å²) >= 11 is 7.97. The summed E-state index contributed by atoms with van der Waals surface area (Å²) in [5, 5.41) is 12.7. The van der Waals surface area contributed by atoms with Crippen molar-refractivity contribution < 1.29 is 14.6 Å². The van der Waals surface area contributed by atoms with Crippen LogP contribution in [0.3, 0.4) is 0 Å². The maximum Gasteiger partial charge on any atom is 0.219 e. The lowest BCUT2D eigenvalue weighted by atomic mass is 10.0. The standard InChI is InChI=1S/C30H39ClN2O3S/c1-20(34)32-15-7-8-23(32)19-36-24-13-14-26-25(16-24)28(37-29(2,3)4)27(17-30(5,6)35)33(26)18-21-9-11-22(31)12-10-21/h9-14,16,23,35H,7-8,15,17-19H2,1-6H3/t23-/m1/s1. The molecule has 7 heteroatoms. The number of aromatic nitrogens is 1. The van der Waals surface area contributed by atoms with Crippen LogP contribution in [0.4, 0.5) is 0 Å². The van der Waals surface area contributed by atoms with Gasteiger partial charge in [-0.05, 0) is 62.6 Å². The third kappa shape index (κ3) is 7.04. The van der Waals surface area contributed by atoms with Gasteiger partial charge in [-0.2, -0.15) is 0 Å². The van der Waals surface area contributed by atoms with E-state index >= 15 is 0 Å². The van der Waals surface area contributed by atoms with Gasteiger partial charge in [0.2, 0.25) is 5.91 Å². The normalized spacial score (nSPS) is 16.5. The summed E-state index contributed by atoms with van der Waals surface area (Å²) in [6, 6.07) is 14.3. The molecule has 5 nitrogen and oxygen atoms in total. The maximum atomic E-state index is 12.0. The Hall–Kier alpha value is -2.15. The van der Waals surface area contributed by atoms with Gasteiger partial charge < -0.3 is 19.3 Å². The van der Waals surface area contributed by atoms with Gasteiger partial charge in [0.25, 0.3) is 0 Å². The number of aliphatic hydroxyl groups is 1. The lowest BCUT2D eigenvalue weighted by molar-refractivity contribution is -0.130. The second kappa shape index (κ2) is 10.9. The molecule has 1 aliphatic rings. The fourth-order valence-corrected chi connectivity index (χ4v) is 6.33. The average molecular weight is 543 g/mol. The molecule has 2 heterocycles. The first-order chi connectivity index (χ1) is 17.3. The summed E-state index contributed by atoms with van der Waals surface area (Å²) in [6.45, 7) is 14.0. The van der Waals surface area contributed by atoms with Gasteiger partial charge in [-0.3, -0.25) is 4.79 Å². The Morgan fingerprint density at radius 2 is 1.84 bits per heavy atom. The lowest BCUT2D eigenvalue weighted by Gasteiger charge is -2.23. The zero-order valence-electron chi connectivity index (χ0n) is 22.8. The first-order valence-corrected chi connectivity index (χ1v) is 14.2. The highest BCUT2D eigenvalue weighted by Crippen LogP contribution is 2.43. The van der Waals surface area contributed by atoms with Crippen molar-refractivity contribution in [1.82, 2.24) is 9.47 Å². The van der Waals surface area contributed by atoms with Crippen LogP contribution in [-0.2, 0) is 17.8 Å². The molecule has 0 spiro atoms. The van der Waals surface area contributed by atoms with Crippen molar-refractivity contribution in [2.45, 2.75) is 88.6 Å². The number of amides is 1. The van der Waals surface area contributed by atoms with Gasteiger partial charge in [0.1, 0.15) is 12.4 Å². The van der Waals surface area contributed by atoms with Crippen LogP contribution >= 0.6 is 23.4 Å². The van der Waals surface area contributed by atoms with E-state index in [0.29, 0.717) is 24.6 Å². The second-order valence-electron chi connectivity index (χ2n) is 11.7. The number of nitrogens with zero attached hydrogens (tertiary/aromatic N) is 2. The van der Waals surface area contributed by atoms with Gasteiger partial charge in [0.05, 0.1) is 11.6 Å². The van der Waals surface area contributed by atoms with E-state index in [1.54, 1.807) is 6.92 Å². The molecule has 1 saturated heterocycles. The van der Waals surface area contributed by atoms with Crippen molar-refractivity contribution in [3.8, 4) is 5.75 Å². The van der Waals surface area contributed by atoms with Crippen molar-refractivity contribution in [3.05, 3.63) is 58.7 Å². The Morgan fingerprint density at radius 1 is 1.14 bits per heavy atom. The second-order valence-corrected chi connectivity index (χ2v) is 14.0. The highest BCUT2D eigenvalue weighted by Gasteiger charge is 2.29. The SMILES string of the molecule is CC(=O)N1CCC[C@@H]1COc1ccc2c(c1)c(SC(C)(C)C)c(CC(C)(C)O)n2Cc1ccc(Cl)cc1. The summed E-state index contributed by atoms with van der Waals surface area (Å²) in [7, 11) is 0. The predicted octanol–water partition coefficient (Wildman–Crippen LogP) is 6.94. The smallest absolute Gasteiger partial charge is 0.219 e. The van der Waals surface area contributed by atoms with Crippen molar-refractivity contribution in [2.75, 3.05) is 13.2 Å². The summed E-state index contributed by atoms with van der Waals surface area (Å²) < 4.78 is 8.57. The van der Waals surface area contributed by atoms with Crippen LogP contribution in [0.2, 0.25) is 5.02 Å². The van der Waals surface area contributed by atoms with Crippen molar-refractivity contribution in [1.29, 1.82) is 0 Å². The molecule has 4 rings (SSSR count). The molecule has 200 valence electrons. The number of ether oxygens (including phenoxy) is 1. The van der Waals surface area contributed by atoms with Gasteiger partial charge in [-0.25, -0.2) is 0 Å². The highest BCUT2D eigenvalue weighted by atomic mass is 35.5. The fraction of sp³-hybridized carbons (Fsp3) is 0.500. The monoisotopic (exact) mass is 542 g/mol. The van der Waals surface area contributed by atoms with E-state index in [2.05, 4.69) is 49.6 Å². The van der Waals surface area contributed by atoms with Crippen LogP contribution in [0.25, 0.3) is 10.9 Å². The van der Waals surface area contributed by atoms with Gasteiger partial charge in [0, 0.05) is 57.7 Å². The van der Waals surface area contributed by atoms with Crippen LogP contribution in [0.5, 0.6) is 5.75 Å². The van der Waals surface area contributed by atoms with E-state index in [4.69, 9.17) is 16.3 Å². The minimum atomic E-state index is -0.864. The number of likely N-dealkylation sites (tertiary alicyclic amines) is 1. The topological polar surface area (TPSA) is 54.7 Å². The molecule has 0 bridgehead atoms. The molecule has 1 N–H and O–H groups in total. The molecule has 1 aromatic heterocycles. The zero-order chi connectivity index (χ0) is 27.0. The average Bonchev–Trinajstić information content (AvgIpc) is 3.36. The van der Waals surface area contributed by atoms with Gasteiger partial charge in [-0.15, -0.1) is 11.8 Å². The van der Waals surface area contributed by atoms with Crippen molar-refractivity contribution >= 4 is 40.2 Å². The third-order valence-electron chi connectivity index (χ3n) is 6.58. The molecule has 0 saturated carbocycles. The Balaban J connectivity index is 1.77. The Kier molecular flexibility index (Phi) is 8.22. The lowest BCUT2D eigenvalue weighted by Crippen LogP contribution is -2.37. The van der Waals surface area contributed by atoms with Crippen LogP contribution < -0.4 is 4.74 Å². The summed E-state index contributed by atoms with van der Waals surface area (Å²) in [5.41, 5.74) is 2.51. The minimum absolute atomic E-state index is 0.0174. The summed E-state index contributed by atoms with van der Waals surface area (Å²) in [5.74, 6) is 0.915. The zero-order valence-corrected chi connectivity index (χ0v) is 24.4. The Morgan fingerprint density at radius 3 is 2.46 bits per heavy atom. The van der Waals surface area contributed by atoms with Gasteiger partial charge in [0.15, 0.2) is 0 Å². The molecular weight excluding hydrogens is 504 g/mol. The maximum absolute atomic E-state index is 12.0. The molecule has 2 aromatic carbocycles. The van der Waals surface area contributed by atoms with Crippen molar-refractivity contribution in [3.63, 3.8) is 0 Å². The highest BCUT2D eigenvalue weighted by molar-refractivity contribution is 8.00. The number of carbonyl (C=O) groups is 1. The molecule has 1 aliphatic heterocycles. The molecule has 0 aliphatic carbocycles. The number of rotatable bonds is 8. The molecule has 3 aromatic rings. The molecule has 37 heavy (non-hydrogen) atoms. The number of fused-ring (bicyclic) bond motifs is 1. The number of hydrogen-bond acceptors (Lipinski definition) is 4. The van der Waals surface area contributed by atoms with Crippen LogP contribution in [0, 0.1) is 0 Å². The minimum Gasteiger partial charge on any atom is -0.491 e. The summed E-state index contributed by atoms with van der Waals surface area (Å²) in [6.07, 6.45) is 2.52. The van der Waals surface area contributed by atoms with Crippen LogP contribution in [0.15, 0.2) is 47.4 Å². The molecule has 1 amide bonds. The number of carbonyl (C=O) groups excluding carboxylic acids is 1. The fourth-order valence-electron chi connectivity index (χ4n) is 5.02. The number of benzene rings is 2. The first-order valence-electron chi connectivity index (χ1n) is 13.0. The quantitative estimate of drug-likeness (QED) is 0.313. The number of hydrogen-bond donors (Lipinski definition) is 1. The predicted molar refractivity (Wildman–Crippen MR) is 154 cm³/mol. The van der Waals surface area contributed by atoms with E-state index in [1.807, 2.05) is 48.7 Å². The van der Waals surface area contributed by atoms with Gasteiger partial charge in [-0.1, -0.05) is 44.5 Å². The van der Waals surface area contributed by atoms with Crippen LogP contribution in [-0.4, -0.2) is 50.0 Å². The summed E-state index contributed by atoms with van der Waals surface area (Å²) in [4.78, 5) is 15.1. The van der Waals surface area contributed by atoms with Gasteiger partial charge >= 0.3 is 0 Å². The van der Waals surface area contributed by atoms with Crippen LogP contribution in [0.1, 0.15) is 65.6 Å². The molecular formula is C30H39ClN2O3S. The van der Waals surface area contributed by atoms with E-state index in [9.17, 15) is 9.90 Å². The largest absolute Gasteiger partial charge is 0.491 e. The van der Waals surface area contributed by atoms with E-state index in [0.717, 1.165) is 47.3 Å². The Bertz CT molecular complexity index is 1260. The molecule has 0 radical (unpaired) electrons. The first kappa shape index (κ1) is 27.9. The molecule has 1 fully saturated rings. The van der Waals surface area contributed by atoms with E-state index in [1.165, 1.54) is 4.90 Å². The van der Waals surface area contributed by atoms with E-state index in [-0.39, 0.29) is 16.7 Å². The number of thioether (sulfide) groups is 1. The molecule has 0 unspecified atom stereocenters. The number of halogens is 1. The molecule has 1 atom stereocenters. The third-order valence-corrected chi connectivity index (χ3v) is 8.10. The Labute approximate surface area is 230 Å². The van der Waals surface area contributed by atoms with Crippen molar-refractivity contribution in [2.24, 2.45) is 0 Å². The van der Waals surface area contributed by atoms with E-state index < -0.39 is 5.60 Å².